The number of carbonyl (C=O) groups excluding carboxylic acids is 1. The van der Waals surface area contributed by atoms with Crippen LogP contribution < -0.4 is 10.1 Å². The second kappa shape index (κ2) is 10.5. The van der Waals surface area contributed by atoms with E-state index in [4.69, 9.17) is 21.7 Å². The van der Waals surface area contributed by atoms with E-state index < -0.39 is 11.6 Å². The molecule has 0 unspecified atom stereocenters. The number of thioether (sulfide) groups is 1. The lowest BCUT2D eigenvalue weighted by molar-refractivity contribution is -0.115. The van der Waals surface area contributed by atoms with Gasteiger partial charge >= 0.3 is 0 Å². The minimum atomic E-state index is -0.915. The second-order valence-corrected chi connectivity index (χ2v) is 9.11. The third kappa shape index (κ3) is 5.72. The molecule has 2 fully saturated rings. The highest BCUT2D eigenvalue weighted by molar-refractivity contribution is 8.26. The van der Waals surface area contributed by atoms with E-state index >= 15 is 0 Å². The number of hydrogen-bond donors (Lipinski definition) is 1. The van der Waals surface area contributed by atoms with Crippen LogP contribution in [0, 0.1) is 11.6 Å². The first kappa shape index (κ1) is 22.8. The Morgan fingerprint density at radius 3 is 2.59 bits per heavy atom. The summed E-state index contributed by atoms with van der Waals surface area (Å²) in [6.07, 6.45) is 2.56. The standard InChI is InChI=1S/C23H22F2N2O3S2/c24-18-4-2-16(13-19(18)25)15-3-5-20(30-9-1-6-27-7-10-29-11-8-27)17(12-15)14-21-22(28)26-23(31)32-21/h2-5,12-14H,1,6-11H2,(H,26,28,31). The average Bonchev–Trinajstić information content (AvgIpc) is 3.11. The van der Waals surface area contributed by atoms with Crippen molar-refractivity contribution in [2.45, 2.75) is 6.42 Å². The monoisotopic (exact) mass is 476 g/mol. The van der Waals surface area contributed by atoms with Crippen LogP contribution in [0.1, 0.15) is 12.0 Å². The van der Waals surface area contributed by atoms with E-state index in [9.17, 15) is 13.6 Å². The van der Waals surface area contributed by atoms with Gasteiger partial charge in [-0.05, 0) is 47.9 Å². The maximum Gasteiger partial charge on any atom is 0.263 e. The molecule has 32 heavy (non-hydrogen) atoms. The van der Waals surface area contributed by atoms with Crippen LogP contribution in [0.25, 0.3) is 17.2 Å². The third-order valence-electron chi connectivity index (χ3n) is 5.17. The van der Waals surface area contributed by atoms with Crippen molar-refractivity contribution >= 4 is 40.3 Å². The fourth-order valence-corrected chi connectivity index (χ4v) is 4.54. The van der Waals surface area contributed by atoms with Crippen LogP contribution in [0.3, 0.4) is 0 Å². The number of hydrogen-bond acceptors (Lipinski definition) is 6. The summed E-state index contributed by atoms with van der Waals surface area (Å²) in [6.45, 7) is 4.78. The molecule has 168 valence electrons. The van der Waals surface area contributed by atoms with E-state index in [0.29, 0.717) is 38.3 Å². The molecule has 2 saturated heterocycles. The van der Waals surface area contributed by atoms with E-state index in [-0.39, 0.29) is 5.91 Å². The van der Waals surface area contributed by atoms with E-state index in [1.807, 2.05) is 0 Å². The molecule has 2 aromatic rings. The molecule has 4 rings (SSSR count). The molecule has 2 aliphatic rings. The summed E-state index contributed by atoms with van der Waals surface area (Å²) in [5, 5.41) is 2.59. The van der Waals surface area contributed by atoms with Gasteiger partial charge in [-0.25, -0.2) is 8.78 Å². The van der Waals surface area contributed by atoms with Crippen LogP contribution in [0.4, 0.5) is 8.78 Å². The van der Waals surface area contributed by atoms with Gasteiger partial charge in [-0.15, -0.1) is 0 Å². The summed E-state index contributed by atoms with van der Waals surface area (Å²) in [6, 6.07) is 9.13. The first-order valence-electron chi connectivity index (χ1n) is 10.3. The quantitative estimate of drug-likeness (QED) is 0.367. The molecule has 1 N–H and O–H groups in total. The number of morpholine rings is 1. The van der Waals surface area contributed by atoms with Crippen LogP contribution in [0.2, 0.25) is 0 Å². The summed E-state index contributed by atoms with van der Waals surface area (Å²) in [5.74, 6) is -1.47. The minimum absolute atomic E-state index is 0.267. The zero-order chi connectivity index (χ0) is 22.5. The highest BCUT2D eigenvalue weighted by Crippen LogP contribution is 2.33. The smallest absolute Gasteiger partial charge is 0.263 e. The van der Waals surface area contributed by atoms with E-state index in [2.05, 4.69) is 10.2 Å². The molecule has 0 aromatic heterocycles. The molecule has 2 aromatic carbocycles. The first-order valence-corrected chi connectivity index (χ1v) is 11.5. The van der Waals surface area contributed by atoms with Crippen LogP contribution in [0.5, 0.6) is 5.75 Å². The molecule has 1 amide bonds. The van der Waals surface area contributed by atoms with Crippen LogP contribution >= 0.6 is 24.0 Å². The van der Waals surface area contributed by atoms with E-state index in [1.54, 1.807) is 24.3 Å². The molecule has 0 atom stereocenters. The summed E-state index contributed by atoms with van der Waals surface area (Å²) >= 11 is 6.25. The molecule has 2 aliphatic heterocycles. The largest absolute Gasteiger partial charge is 0.493 e. The van der Waals surface area contributed by atoms with Gasteiger partial charge in [0, 0.05) is 25.2 Å². The molecule has 0 saturated carbocycles. The van der Waals surface area contributed by atoms with Gasteiger partial charge in [0.2, 0.25) is 0 Å². The maximum absolute atomic E-state index is 13.7. The maximum atomic E-state index is 13.7. The van der Waals surface area contributed by atoms with Crippen LogP contribution in [-0.2, 0) is 9.53 Å². The van der Waals surface area contributed by atoms with Crippen molar-refractivity contribution in [3.05, 3.63) is 58.5 Å². The van der Waals surface area contributed by atoms with E-state index in [0.717, 1.165) is 51.4 Å². The number of amides is 1. The predicted molar refractivity (Wildman–Crippen MR) is 125 cm³/mol. The van der Waals surface area contributed by atoms with Gasteiger partial charge in [-0.1, -0.05) is 36.1 Å². The molecule has 2 heterocycles. The van der Waals surface area contributed by atoms with Crippen molar-refractivity contribution < 1.29 is 23.0 Å². The molecule has 5 nitrogen and oxygen atoms in total. The summed E-state index contributed by atoms with van der Waals surface area (Å²) in [4.78, 5) is 14.9. The molecular formula is C23H22F2N2O3S2. The van der Waals surface area contributed by atoms with Crippen molar-refractivity contribution in [3.63, 3.8) is 0 Å². The highest BCUT2D eigenvalue weighted by atomic mass is 32.2. The number of carbonyl (C=O) groups is 1. The number of benzene rings is 2. The van der Waals surface area contributed by atoms with Crippen LogP contribution in [0.15, 0.2) is 41.3 Å². The fourth-order valence-electron chi connectivity index (χ4n) is 3.51. The van der Waals surface area contributed by atoms with Gasteiger partial charge in [-0.2, -0.15) is 0 Å². The van der Waals surface area contributed by atoms with Crippen molar-refractivity contribution in [1.82, 2.24) is 10.2 Å². The van der Waals surface area contributed by atoms with Crippen molar-refractivity contribution in [2.75, 3.05) is 39.5 Å². The van der Waals surface area contributed by atoms with Gasteiger partial charge in [0.25, 0.3) is 5.91 Å². The molecule has 0 radical (unpaired) electrons. The number of halogens is 2. The van der Waals surface area contributed by atoms with E-state index in [1.165, 1.54) is 17.8 Å². The van der Waals surface area contributed by atoms with Gasteiger partial charge < -0.3 is 14.8 Å². The third-order valence-corrected chi connectivity index (χ3v) is 6.33. The average molecular weight is 477 g/mol. The zero-order valence-electron chi connectivity index (χ0n) is 17.2. The van der Waals surface area contributed by atoms with Gasteiger partial charge in [0.1, 0.15) is 10.1 Å². The second-order valence-electron chi connectivity index (χ2n) is 7.39. The summed E-state index contributed by atoms with van der Waals surface area (Å²) < 4.78 is 38.9. The lowest BCUT2D eigenvalue weighted by Crippen LogP contribution is -2.37. The number of nitrogens with zero attached hydrogens (tertiary/aromatic N) is 1. The molecular weight excluding hydrogens is 454 g/mol. The van der Waals surface area contributed by atoms with Crippen molar-refractivity contribution in [1.29, 1.82) is 0 Å². The lowest BCUT2D eigenvalue weighted by atomic mass is 10.0. The number of thiocarbonyl (C=S) groups is 1. The Kier molecular flexibility index (Phi) is 7.51. The van der Waals surface area contributed by atoms with Gasteiger partial charge in [0.15, 0.2) is 11.6 Å². The molecule has 9 heteroatoms. The first-order chi connectivity index (χ1) is 15.5. The SMILES string of the molecule is O=C1NC(=S)SC1=Cc1cc(-c2ccc(F)c(F)c2)ccc1OCCCN1CCOCC1. The lowest BCUT2D eigenvalue weighted by Gasteiger charge is -2.26. The molecule has 0 aliphatic carbocycles. The zero-order valence-corrected chi connectivity index (χ0v) is 18.9. The molecule has 0 bridgehead atoms. The van der Waals surface area contributed by atoms with Crippen LogP contribution in [-0.4, -0.2) is 54.6 Å². The predicted octanol–water partition coefficient (Wildman–Crippen LogP) is 4.22. The number of rotatable bonds is 7. The Morgan fingerprint density at radius 2 is 1.88 bits per heavy atom. The Bertz CT molecular complexity index is 1060. The fraction of sp³-hybridized carbons (Fsp3) is 0.304. The number of nitrogens with one attached hydrogen (secondary N) is 1. The Hall–Kier alpha value is -2.33. The van der Waals surface area contributed by atoms with Crippen molar-refractivity contribution in [2.24, 2.45) is 0 Å². The normalized spacial score (nSPS) is 18.2. The van der Waals surface area contributed by atoms with Crippen molar-refractivity contribution in [3.8, 4) is 16.9 Å². The highest BCUT2D eigenvalue weighted by Gasteiger charge is 2.23. The number of ether oxygens (including phenoxy) is 2. The summed E-state index contributed by atoms with van der Waals surface area (Å²) in [5.41, 5.74) is 1.88. The topological polar surface area (TPSA) is 50.8 Å². The summed E-state index contributed by atoms with van der Waals surface area (Å²) in [7, 11) is 0. The molecule has 0 spiro atoms. The Balaban J connectivity index is 1.54. The minimum Gasteiger partial charge on any atom is -0.493 e. The Labute approximate surface area is 194 Å². The van der Waals surface area contributed by atoms with Gasteiger partial charge in [-0.3, -0.25) is 9.69 Å². The Morgan fingerprint density at radius 1 is 1.12 bits per heavy atom. The van der Waals surface area contributed by atoms with Gasteiger partial charge in [0.05, 0.1) is 24.7 Å².